The van der Waals surface area contributed by atoms with Gasteiger partial charge in [-0.2, -0.15) is 0 Å². The van der Waals surface area contributed by atoms with Crippen LogP contribution in [0.3, 0.4) is 0 Å². The Bertz CT molecular complexity index is 684. The second-order valence-electron chi connectivity index (χ2n) is 5.08. The molecule has 0 amide bonds. The van der Waals surface area contributed by atoms with Crippen molar-refractivity contribution in [2.24, 2.45) is 0 Å². The highest BCUT2D eigenvalue weighted by Crippen LogP contribution is 2.27. The molecule has 1 aromatic carbocycles. The largest absolute Gasteiger partial charge is 0.460 e. The first-order chi connectivity index (χ1) is 9.38. The molecule has 0 bridgehead atoms. The maximum Gasteiger partial charge on any atom is 0.145 e. The highest BCUT2D eigenvalue weighted by molar-refractivity contribution is 6.01. The molecule has 0 spiro atoms. The Hall–Kier alpha value is -1.83. The van der Waals surface area contributed by atoms with Crippen LogP contribution in [0.2, 0.25) is 0 Å². The molecule has 2 heteroatoms. The zero-order valence-electron chi connectivity index (χ0n) is 11.4. The van der Waals surface area contributed by atoms with Gasteiger partial charge in [-0.15, -0.1) is 0 Å². The topological polar surface area (TPSA) is 26.0 Å². The van der Waals surface area contributed by atoms with Gasteiger partial charge in [0, 0.05) is 23.4 Å². The van der Waals surface area contributed by atoms with E-state index in [2.05, 4.69) is 24.0 Å². The van der Waals surface area contributed by atoms with E-state index in [1.165, 1.54) is 25.7 Å². The van der Waals surface area contributed by atoms with Crippen LogP contribution in [0, 0.1) is 0 Å². The van der Waals surface area contributed by atoms with E-state index in [4.69, 9.17) is 4.42 Å². The summed E-state index contributed by atoms with van der Waals surface area (Å²) in [7, 11) is 0. The monoisotopic (exact) mass is 253 g/mol. The van der Waals surface area contributed by atoms with Crippen LogP contribution in [0.15, 0.2) is 40.9 Å². The minimum Gasteiger partial charge on any atom is -0.460 e. The molecule has 0 aliphatic carbocycles. The maximum absolute atomic E-state index is 6.02. The van der Waals surface area contributed by atoms with Gasteiger partial charge in [-0.05, 0) is 24.6 Å². The Morgan fingerprint density at radius 1 is 1.11 bits per heavy atom. The van der Waals surface area contributed by atoms with Crippen molar-refractivity contribution in [2.75, 3.05) is 0 Å². The molecule has 0 aliphatic rings. The molecule has 2 heterocycles. The van der Waals surface area contributed by atoms with Gasteiger partial charge in [-0.1, -0.05) is 38.3 Å². The number of pyridine rings is 1. The average Bonchev–Trinajstić information content (AvgIpc) is 2.87. The number of unbranched alkanes of at least 4 members (excludes halogenated alkanes) is 3. The predicted molar refractivity (Wildman–Crippen MR) is 79.4 cm³/mol. The first-order valence-corrected chi connectivity index (χ1v) is 7.14. The van der Waals surface area contributed by atoms with Crippen molar-refractivity contribution in [1.29, 1.82) is 0 Å². The van der Waals surface area contributed by atoms with Crippen molar-refractivity contribution in [3.8, 4) is 0 Å². The summed E-state index contributed by atoms with van der Waals surface area (Å²) in [5, 5.41) is 2.23. The minimum absolute atomic E-state index is 0.982. The lowest BCUT2D eigenvalue weighted by Crippen LogP contribution is -1.81. The van der Waals surface area contributed by atoms with Gasteiger partial charge in [0.2, 0.25) is 0 Å². The van der Waals surface area contributed by atoms with Crippen LogP contribution in [-0.4, -0.2) is 4.98 Å². The zero-order chi connectivity index (χ0) is 13.1. The Morgan fingerprint density at radius 2 is 2.00 bits per heavy atom. The number of benzene rings is 1. The molecule has 0 saturated carbocycles. The van der Waals surface area contributed by atoms with E-state index >= 15 is 0 Å². The molecule has 2 aromatic heterocycles. The number of fused-ring (bicyclic) bond motifs is 3. The van der Waals surface area contributed by atoms with Crippen molar-refractivity contribution >= 4 is 21.9 Å². The molecule has 3 aromatic rings. The van der Waals surface area contributed by atoms with Gasteiger partial charge in [0.1, 0.15) is 11.3 Å². The first-order valence-electron chi connectivity index (χ1n) is 7.14. The smallest absolute Gasteiger partial charge is 0.145 e. The summed E-state index contributed by atoms with van der Waals surface area (Å²) in [5.74, 6) is 1.09. The number of furan rings is 1. The molecule has 3 rings (SSSR count). The summed E-state index contributed by atoms with van der Waals surface area (Å²) in [6, 6.07) is 10.3. The van der Waals surface area contributed by atoms with E-state index in [1.807, 2.05) is 24.4 Å². The highest BCUT2D eigenvalue weighted by atomic mass is 16.3. The molecule has 0 radical (unpaired) electrons. The second kappa shape index (κ2) is 5.43. The summed E-state index contributed by atoms with van der Waals surface area (Å²) >= 11 is 0. The molecule has 0 saturated heterocycles. The standard InChI is InChI=1S/C17H19NO/c1-2-3-4-5-8-14-11-13-12-18-16-10-7-6-9-15(16)17(13)19-14/h6-7,9-12H,2-5,8H2,1H3. The summed E-state index contributed by atoms with van der Waals surface area (Å²) < 4.78 is 6.02. The lowest BCUT2D eigenvalue weighted by molar-refractivity contribution is 0.529. The van der Waals surface area contributed by atoms with E-state index in [1.54, 1.807) is 0 Å². The number of hydrogen-bond acceptors (Lipinski definition) is 2. The lowest BCUT2D eigenvalue weighted by Gasteiger charge is -1.97. The average molecular weight is 253 g/mol. The quantitative estimate of drug-likeness (QED) is 0.591. The van der Waals surface area contributed by atoms with Crippen LogP contribution in [0.25, 0.3) is 21.9 Å². The van der Waals surface area contributed by atoms with Crippen LogP contribution in [-0.2, 0) is 6.42 Å². The molecule has 0 aliphatic heterocycles. The predicted octanol–water partition coefficient (Wildman–Crippen LogP) is 5.10. The van der Waals surface area contributed by atoms with Gasteiger partial charge in [0.05, 0.1) is 5.52 Å². The molecular weight excluding hydrogens is 234 g/mol. The summed E-state index contributed by atoms with van der Waals surface area (Å²) in [6.45, 7) is 2.24. The van der Waals surface area contributed by atoms with Crippen molar-refractivity contribution < 1.29 is 4.42 Å². The first kappa shape index (κ1) is 12.2. The van der Waals surface area contributed by atoms with Gasteiger partial charge in [0.25, 0.3) is 0 Å². The molecule has 0 unspecified atom stereocenters. The van der Waals surface area contributed by atoms with Crippen LogP contribution < -0.4 is 0 Å². The molecule has 0 atom stereocenters. The van der Waals surface area contributed by atoms with Gasteiger partial charge in [-0.25, -0.2) is 0 Å². The molecule has 2 nitrogen and oxygen atoms in total. The van der Waals surface area contributed by atoms with Crippen molar-refractivity contribution in [3.05, 3.63) is 42.3 Å². The van der Waals surface area contributed by atoms with Crippen LogP contribution in [0.4, 0.5) is 0 Å². The Balaban J connectivity index is 1.90. The van der Waals surface area contributed by atoms with Crippen LogP contribution >= 0.6 is 0 Å². The Labute approximate surface area is 113 Å². The maximum atomic E-state index is 6.02. The Kier molecular flexibility index (Phi) is 3.49. The number of hydrogen-bond donors (Lipinski definition) is 0. The number of para-hydroxylation sites is 1. The van der Waals surface area contributed by atoms with Gasteiger partial charge < -0.3 is 4.42 Å². The van der Waals surface area contributed by atoms with Gasteiger partial charge in [-0.3, -0.25) is 4.98 Å². The van der Waals surface area contributed by atoms with Crippen molar-refractivity contribution in [1.82, 2.24) is 4.98 Å². The normalized spacial score (nSPS) is 11.4. The lowest BCUT2D eigenvalue weighted by atomic mass is 10.1. The summed E-state index contributed by atoms with van der Waals surface area (Å²) in [5.41, 5.74) is 1.98. The van der Waals surface area contributed by atoms with E-state index in [9.17, 15) is 0 Å². The van der Waals surface area contributed by atoms with E-state index in [-0.39, 0.29) is 0 Å². The molecule has 98 valence electrons. The number of nitrogens with zero attached hydrogens (tertiary/aromatic N) is 1. The number of rotatable bonds is 5. The van der Waals surface area contributed by atoms with Crippen molar-refractivity contribution in [2.45, 2.75) is 39.0 Å². The highest BCUT2D eigenvalue weighted by Gasteiger charge is 2.07. The minimum atomic E-state index is 0.982. The SMILES string of the molecule is CCCCCCc1cc2cnc3ccccc3c2o1. The fraction of sp³-hybridized carbons (Fsp3) is 0.353. The van der Waals surface area contributed by atoms with Gasteiger partial charge in [0.15, 0.2) is 0 Å². The Morgan fingerprint density at radius 3 is 2.89 bits per heavy atom. The van der Waals surface area contributed by atoms with E-state index in [0.29, 0.717) is 0 Å². The van der Waals surface area contributed by atoms with Crippen LogP contribution in [0.1, 0.15) is 38.4 Å². The third kappa shape index (κ3) is 2.48. The summed E-state index contributed by atoms with van der Waals surface area (Å²) in [4.78, 5) is 4.47. The van der Waals surface area contributed by atoms with Gasteiger partial charge >= 0.3 is 0 Å². The second-order valence-corrected chi connectivity index (χ2v) is 5.08. The molecule has 19 heavy (non-hydrogen) atoms. The van der Waals surface area contributed by atoms with E-state index < -0.39 is 0 Å². The summed E-state index contributed by atoms with van der Waals surface area (Å²) in [6.07, 6.45) is 8.02. The zero-order valence-corrected chi connectivity index (χ0v) is 11.4. The number of aryl methyl sites for hydroxylation is 1. The molecule has 0 fully saturated rings. The fourth-order valence-electron chi connectivity index (χ4n) is 2.53. The third-order valence-corrected chi connectivity index (χ3v) is 3.58. The third-order valence-electron chi connectivity index (χ3n) is 3.58. The van der Waals surface area contributed by atoms with Crippen LogP contribution in [0.5, 0.6) is 0 Å². The molecule has 0 N–H and O–H groups in total. The molecular formula is C17H19NO. The number of aromatic nitrogens is 1. The fourth-order valence-corrected chi connectivity index (χ4v) is 2.53. The van der Waals surface area contributed by atoms with Crippen molar-refractivity contribution in [3.63, 3.8) is 0 Å². The van der Waals surface area contributed by atoms with E-state index in [0.717, 1.165) is 34.1 Å².